The Morgan fingerprint density at radius 2 is 1.77 bits per heavy atom. The first-order valence-corrected chi connectivity index (χ1v) is 12.4. The van der Waals surface area contributed by atoms with Gasteiger partial charge in [-0.15, -0.1) is 0 Å². The highest BCUT2D eigenvalue weighted by atomic mass is 16.5. The largest absolute Gasteiger partial charge is 0.367 e. The summed E-state index contributed by atoms with van der Waals surface area (Å²) in [6.45, 7) is 7.19. The Bertz CT molecular complexity index is 1350. The van der Waals surface area contributed by atoms with Gasteiger partial charge in [-0.2, -0.15) is 0 Å². The van der Waals surface area contributed by atoms with Gasteiger partial charge in [-0.1, -0.05) is 54.5 Å². The number of pyridine rings is 1. The Morgan fingerprint density at radius 1 is 1.03 bits per heavy atom. The van der Waals surface area contributed by atoms with Gasteiger partial charge in [0, 0.05) is 43.4 Å². The fourth-order valence-electron chi connectivity index (χ4n) is 4.88. The minimum Gasteiger partial charge on any atom is -0.367 e. The van der Waals surface area contributed by atoms with Crippen molar-refractivity contribution < 1.29 is 9.32 Å². The molecule has 1 aliphatic carbocycles. The van der Waals surface area contributed by atoms with E-state index in [1.165, 1.54) is 0 Å². The Hall–Kier alpha value is -3.71. The number of nitrogens with one attached hydrogen (secondary N) is 1. The van der Waals surface area contributed by atoms with Crippen molar-refractivity contribution in [3.05, 3.63) is 71.9 Å². The fourth-order valence-corrected chi connectivity index (χ4v) is 4.88. The molecule has 3 heterocycles. The minimum atomic E-state index is -0.167. The summed E-state index contributed by atoms with van der Waals surface area (Å²) in [6.07, 6.45) is 2.18. The van der Waals surface area contributed by atoms with E-state index >= 15 is 0 Å². The predicted molar refractivity (Wildman–Crippen MR) is 138 cm³/mol. The fraction of sp³-hybridized carbons (Fsp3) is 0.321. The molecule has 2 fully saturated rings. The van der Waals surface area contributed by atoms with Crippen LogP contribution in [0.5, 0.6) is 0 Å². The molecule has 2 aromatic heterocycles. The second-order valence-corrected chi connectivity index (χ2v) is 9.34. The van der Waals surface area contributed by atoms with Crippen LogP contribution in [-0.4, -0.2) is 53.7 Å². The molecule has 0 unspecified atom stereocenters. The van der Waals surface area contributed by atoms with E-state index in [9.17, 15) is 4.79 Å². The third-order valence-corrected chi connectivity index (χ3v) is 7.07. The summed E-state index contributed by atoms with van der Waals surface area (Å²) in [5, 5.41) is 8.18. The monoisotopic (exact) mass is 467 g/mol. The summed E-state index contributed by atoms with van der Waals surface area (Å²) >= 11 is 0. The molecule has 0 bridgehead atoms. The van der Waals surface area contributed by atoms with Crippen LogP contribution in [0.3, 0.4) is 0 Å². The van der Waals surface area contributed by atoms with Crippen LogP contribution in [0, 0.1) is 0 Å². The van der Waals surface area contributed by atoms with Crippen molar-refractivity contribution in [3.8, 4) is 11.3 Å². The number of carbonyl (C=O) groups excluding carboxylic acids is 1. The molecular weight excluding hydrogens is 438 g/mol. The molecule has 35 heavy (non-hydrogen) atoms. The summed E-state index contributed by atoms with van der Waals surface area (Å²) in [5.41, 5.74) is 5.29. The van der Waals surface area contributed by atoms with Gasteiger partial charge in [0.2, 0.25) is 0 Å². The first kappa shape index (κ1) is 21.8. The van der Waals surface area contributed by atoms with E-state index in [2.05, 4.69) is 33.3 Å². The molecule has 7 nitrogen and oxygen atoms in total. The van der Waals surface area contributed by atoms with E-state index in [-0.39, 0.29) is 5.91 Å². The number of benzene rings is 2. The van der Waals surface area contributed by atoms with Gasteiger partial charge in [0.05, 0.1) is 22.3 Å². The molecule has 178 valence electrons. The lowest BCUT2D eigenvalue weighted by atomic mass is 10.0. The molecule has 0 atom stereocenters. The van der Waals surface area contributed by atoms with Crippen LogP contribution >= 0.6 is 0 Å². The zero-order valence-electron chi connectivity index (χ0n) is 19.9. The van der Waals surface area contributed by atoms with Gasteiger partial charge in [0.15, 0.2) is 0 Å². The van der Waals surface area contributed by atoms with Gasteiger partial charge in [-0.3, -0.25) is 4.79 Å². The number of para-hydroxylation sites is 2. The molecule has 1 N–H and O–H groups in total. The Kier molecular flexibility index (Phi) is 5.70. The van der Waals surface area contributed by atoms with Crippen molar-refractivity contribution >= 4 is 28.4 Å². The highest BCUT2D eigenvalue weighted by Gasteiger charge is 2.30. The van der Waals surface area contributed by atoms with Gasteiger partial charge in [0.25, 0.3) is 11.6 Å². The second kappa shape index (κ2) is 9.15. The maximum absolute atomic E-state index is 13.8. The van der Waals surface area contributed by atoms with Crippen molar-refractivity contribution in [3.63, 3.8) is 0 Å². The molecular formula is C28H29N5O2. The maximum Gasteiger partial charge on any atom is 0.259 e. The van der Waals surface area contributed by atoms with Crippen LogP contribution in [0.15, 0.2) is 65.2 Å². The molecule has 1 aliphatic heterocycles. The van der Waals surface area contributed by atoms with Gasteiger partial charge in [-0.25, -0.2) is 4.98 Å². The Balaban J connectivity index is 1.37. The van der Waals surface area contributed by atoms with E-state index in [0.29, 0.717) is 28.3 Å². The zero-order chi connectivity index (χ0) is 23.8. The van der Waals surface area contributed by atoms with Crippen LogP contribution in [0.4, 0.5) is 11.4 Å². The smallest absolute Gasteiger partial charge is 0.259 e. The lowest BCUT2D eigenvalue weighted by molar-refractivity contribution is 0.102. The maximum atomic E-state index is 13.8. The molecule has 0 radical (unpaired) electrons. The van der Waals surface area contributed by atoms with Crippen LogP contribution in [-0.2, 0) is 0 Å². The van der Waals surface area contributed by atoms with E-state index in [1.807, 2.05) is 54.6 Å². The lowest BCUT2D eigenvalue weighted by Crippen LogP contribution is -2.46. The van der Waals surface area contributed by atoms with Crippen LogP contribution < -0.4 is 10.2 Å². The average molecular weight is 468 g/mol. The van der Waals surface area contributed by atoms with Gasteiger partial charge in [0.1, 0.15) is 5.69 Å². The predicted octanol–water partition coefficient (Wildman–Crippen LogP) is 5.16. The van der Waals surface area contributed by atoms with Crippen LogP contribution in [0.25, 0.3) is 22.4 Å². The number of hydrogen-bond acceptors (Lipinski definition) is 6. The molecule has 1 saturated carbocycles. The zero-order valence-corrected chi connectivity index (χ0v) is 19.9. The molecule has 7 heteroatoms. The quantitative estimate of drug-likeness (QED) is 0.422. The van der Waals surface area contributed by atoms with E-state index in [1.54, 1.807) is 0 Å². The number of aromatic nitrogens is 2. The highest BCUT2D eigenvalue weighted by Crippen LogP contribution is 2.41. The van der Waals surface area contributed by atoms with Gasteiger partial charge >= 0.3 is 0 Å². The molecule has 2 aromatic carbocycles. The Morgan fingerprint density at radius 3 is 2.51 bits per heavy atom. The van der Waals surface area contributed by atoms with Crippen molar-refractivity contribution in [2.24, 2.45) is 0 Å². The molecule has 4 aromatic rings. The summed E-state index contributed by atoms with van der Waals surface area (Å²) in [5.74, 6) is 0.220. The number of rotatable bonds is 6. The van der Waals surface area contributed by atoms with E-state index < -0.39 is 0 Å². The number of anilines is 2. The Labute approximate surface area is 204 Å². The molecule has 2 aliphatic rings. The van der Waals surface area contributed by atoms with Crippen molar-refractivity contribution in [1.82, 2.24) is 15.0 Å². The minimum absolute atomic E-state index is 0.167. The number of nitrogens with zero attached hydrogens (tertiary/aromatic N) is 4. The van der Waals surface area contributed by atoms with Crippen LogP contribution in [0.2, 0.25) is 0 Å². The number of fused-ring (bicyclic) bond motifs is 1. The van der Waals surface area contributed by atoms with Gasteiger partial charge in [-0.05, 0) is 37.6 Å². The molecule has 1 amide bonds. The summed E-state index contributed by atoms with van der Waals surface area (Å²) in [7, 11) is 0. The number of likely N-dealkylation sites (N-methyl/N-ethyl adjacent to an activating group) is 1. The van der Waals surface area contributed by atoms with E-state index in [4.69, 9.17) is 9.51 Å². The molecule has 0 spiro atoms. The van der Waals surface area contributed by atoms with E-state index in [0.717, 1.165) is 68.2 Å². The normalized spacial score (nSPS) is 16.5. The first-order valence-electron chi connectivity index (χ1n) is 12.4. The highest BCUT2D eigenvalue weighted by molar-refractivity contribution is 6.15. The lowest BCUT2D eigenvalue weighted by Gasteiger charge is -2.36. The summed E-state index contributed by atoms with van der Waals surface area (Å²) in [6, 6.07) is 19.8. The number of piperazine rings is 1. The average Bonchev–Trinajstić information content (AvgIpc) is 3.68. The van der Waals surface area contributed by atoms with Crippen LogP contribution in [0.1, 0.15) is 41.7 Å². The number of carbonyl (C=O) groups is 1. The van der Waals surface area contributed by atoms with Gasteiger partial charge < -0.3 is 19.6 Å². The SMILES string of the molecule is CCN1CCN(c2ccccc2NC(=O)c2cc(C3CC3)nc3onc(-c4ccccc4)c23)CC1. The number of amides is 1. The number of hydrogen-bond donors (Lipinski definition) is 1. The molecule has 1 saturated heterocycles. The summed E-state index contributed by atoms with van der Waals surface area (Å²) in [4.78, 5) is 23.3. The summed E-state index contributed by atoms with van der Waals surface area (Å²) < 4.78 is 5.65. The topological polar surface area (TPSA) is 74.5 Å². The second-order valence-electron chi connectivity index (χ2n) is 9.34. The van der Waals surface area contributed by atoms with Crippen molar-refractivity contribution in [2.45, 2.75) is 25.7 Å². The first-order chi connectivity index (χ1) is 17.2. The third-order valence-electron chi connectivity index (χ3n) is 7.07. The molecule has 6 rings (SSSR count). The standard InChI is InChI=1S/C28H29N5O2/c1-2-32-14-16-33(17-15-32)24-11-7-6-10-22(24)29-27(34)21-18-23(19-12-13-19)30-28-25(21)26(31-35-28)20-8-4-3-5-9-20/h3-11,18-19H,2,12-17H2,1H3,(H,29,34). The third kappa shape index (κ3) is 4.28. The van der Waals surface area contributed by atoms with Crippen molar-refractivity contribution in [1.29, 1.82) is 0 Å². The van der Waals surface area contributed by atoms with Crippen molar-refractivity contribution in [2.75, 3.05) is 42.9 Å².